The van der Waals surface area contributed by atoms with Gasteiger partial charge in [-0.15, -0.1) is 0 Å². The number of rotatable bonds is 6. The predicted molar refractivity (Wildman–Crippen MR) is 269 cm³/mol. The normalized spacial score (nSPS) is 11.7. The smallest absolute Gasteiger partial charge is 0.160 e. The Morgan fingerprint density at radius 3 is 1.37 bits per heavy atom. The van der Waals surface area contributed by atoms with E-state index in [2.05, 4.69) is 235 Å². The lowest BCUT2D eigenvalue weighted by Gasteiger charge is -2.14. The summed E-state index contributed by atoms with van der Waals surface area (Å²) in [6.45, 7) is 0. The first-order chi connectivity index (χ1) is 32.2. The summed E-state index contributed by atoms with van der Waals surface area (Å²) < 4.78 is 2.36. The number of hydrogen-bond donors (Lipinski definition) is 0. The highest BCUT2D eigenvalue weighted by Crippen LogP contribution is 2.45. The molecule has 302 valence electrons. The van der Waals surface area contributed by atoms with E-state index in [1.54, 1.807) is 0 Å². The summed E-state index contributed by atoms with van der Waals surface area (Å²) in [6, 6.07) is 82.3. The molecule has 4 nitrogen and oxygen atoms in total. The molecule has 0 aliphatic carbocycles. The van der Waals surface area contributed by atoms with Gasteiger partial charge in [-0.3, -0.25) is 4.57 Å². The largest absolute Gasteiger partial charge is 0.291 e. The summed E-state index contributed by atoms with van der Waals surface area (Å²) in [5.41, 5.74) is 18.4. The molecule has 0 fully saturated rings. The fraction of sp³-hybridized carbons (Fsp3) is 0. The van der Waals surface area contributed by atoms with Crippen molar-refractivity contribution in [2.45, 2.75) is 0 Å². The molecule has 65 heavy (non-hydrogen) atoms. The number of nitrogens with zero attached hydrogens (tertiary/aromatic N) is 4. The van der Waals surface area contributed by atoms with Gasteiger partial charge in [0.05, 0.1) is 28.1 Å². The third-order valence-electron chi connectivity index (χ3n) is 12.9. The summed E-state index contributed by atoms with van der Waals surface area (Å²) in [6.07, 6.45) is 0. The van der Waals surface area contributed by atoms with Crippen molar-refractivity contribution in [1.82, 2.24) is 19.5 Å². The summed E-state index contributed by atoms with van der Waals surface area (Å²) >= 11 is 0. The molecule has 13 rings (SSSR count). The molecule has 0 N–H and O–H groups in total. The molecule has 0 saturated heterocycles. The number of aromatic nitrogens is 4. The van der Waals surface area contributed by atoms with Crippen molar-refractivity contribution in [3.63, 3.8) is 0 Å². The summed E-state index contributed by atoms with van der Waals surface area (Å²) in [5.74, 6) is 1.61. The van der Waals surface area contributed by atoms with Crippen molar-refractivity contribution in [3.8, 4) is 95.5 Å². The number of para-hydroxylation sites is 2. The Labute approximate surface area is 376 Å². The van der Waals surface area contributed by atoms with Gasteiger partial charge in [0.25, 0.3) is 0 Å². The maximum atomic E-state index is 5.34. The van der Waals surface area contributed by atoms with E-state index >= 15 is 0 Å². The molecule has 0 spiro atoms. The molecule has 3 heterocycles. The van der Waals surface area contributed by atoms with Crippen LogP contribution in [-0.4, -0.2) is 19.5 Å². The first-order valence-corrected chi connectivity index (χ1v) is 22.1. The second-order valence-electron chi connectivity index (χ2n) is 16.8. The Hall–Kier alpha value is -8.73. The summed E-state index contributed by atoms with van der Waals surface area (Å²) in [7, 11) is 0. The molecule has 0 amide bonds. The highest BCUT2D eigenvalue weighted by Gasteiger charge is 2.25. The molecule has 4 heteroatoms. The Bertz CT molecular complexity index is 3760. The van der Waals surface area contributed by atoms with Crippen molar-refractivity contribution >= 4 is 32.6 Å². The van der Waals surface area contributed by atoms with E-state index in [1.165, 1.54) is 43.8 Å². The minimum Gasteiger partial charge on any atom is -0.291 e. The quantitative estimate of drug-likeness (QED) is 0.168. The maximum Gasteiger partial charge on any atom is 0.160 e. The van der Waals surface area contributed by atoms with Gasteiger partial charge in [-0.25, -0.2) is 15.0 Å². The molecule has 0 unspecified atom stereocenters. The van der Waals surface area contributed by atoms with Gasteiger partial charge in [0.1, 0.15) is 5.82 Å². The molecule has 0 saturated carbocycles. The van der Waals surface area contributed by atoms with Gasteiger partial charge < -0.3 is 0 Å². The fourth-order valence-electron chi connectivity index (χ4n) is 9.74. The third-order valence-corrected chi connectivity index (χ3v) is 12.9. The van der Waals surface area contributed by atoms with Gasteiger partial charge in [0.15, 0.2) is 5.82 Å². The van der Waals surface area contributed by atoms with E-state index < -0.39 is 0 Å². The van der Waals surface area contributed by atoms with Crippen molar-refractivity contribution < 1.29 is 0 Å². The summed E-state index contributed by atoms with van der Waals surface area (Å²) in [4.78, 5) is 15.9. The predicted octanol–water partition coefficient (Wildman–Crippen LogP) is 15.8. The van der Waals surface area contributed by atoms with Gasteiger partial charge >= 0.3 is 0 Å². The molecule has 12 aromatic rings. The zero-order valence-electron chi connectivity index (χ0n) is 35.2. The standard InChI is InChI=1S/C61H38N4/c1-3-15-41-34-47(31-29-39(41)13-1)56-38-57(48-32-30-40-14-2-4-16-42(40)35-48)63-60(62-56)49-21-10-19-45(36-49)43-17-9-18-44(33-43)46-20-11-22-50(37-46)61-64-55-27-12-26-54-52-24-6-5-23-51(52)53-25-7-8-28-58(53)65(61)59(54)55/h1-38H. The second-order valence-corrected chi connectivity index (χ2v) is 16.8. The van der Waals surface area contributed by atoms with Crippen molar-refractivity contribution in [1.29, 1.82) is 0 Å². The van der Waals surface area contributed by atoms with Crippen LogP contribution in [0, 0.1) is 0 Å². The molecule has 2 aromatic heterocycles. The van der Waals surface area contributed by atoms with E-state index in [0.717, 1.165) is 78.4 Å². The van der Waals surface area contributed by atoms with Crippen LogP contribution in [-0.2, 0) is 0 Å². The van der Waals surface area contributed by atoms with Crippen LogP contribution in [0.25, 0.3) is 128 Å². The number of fused-ring (bicyclic) bond motifs is 7. The van der Waals surface area contributed by atoms with Crippen LogP contribution in [0.2, 0.25) is 0 Å². The number of benzene rings is 10. The first kappa shape index (κ1) is 36.9. The third kappa shape index (κ3) is 6.34. The van der Waals surface area contributed by atoms with Crippen molar-refractivity contribution in [3.05, 3.63) is 231 Å². The van der Waals surface area contributed by atoms with Crippen molar-refractivity contribution in [2.75, 3.05) is 0 Å². The average Bonchev–Trinajstić information content (AvgIpc) is 3.73. The van der Waals surface area contributed by atoms with Crippen LogP contribution in [0.3, 0.4) is 0 Å². The van der Waals surface area contributed by atoms with Gasteiger partial charge in [0, 0.05) is 33.4 Å². The fourth-order valence-corrected chi connectivity index (χ4v) is 9.74. The Morgan fingerprint density at radius 1 is 0.277 bits per heavy atom. The number of hydrogen-bond acceptors (Lipinski definition) is 3. The Morgan fingerprint density at radius 2 is 0.738 bits per heavy atom. The molecule has 1 aliphatic rings. The minimum atomic E-state index is 0.684. The lowest BCUT2D eigenvalue weighted by Crippen LogP contribution is -1.99. The molecule has 0 radical (unpaired) electrons. The van der Waals surface area contributed by atoms with E-state index in [4.69, 9.17) is 15.0 Å². The zero-order valence-corrected chi connectivity index (χ0v) is 35.2. The van der Waals surface area contributed by atoms with Crippen LogP contribution in [0.4, 0.5) is 0 Å². The first-order valence-electron chi connectivity index (χ1n) is 22.1. The van der Waals surface area contributed by atoms with Gasteiger partial charge in [-0.1, -0.05) is 182 Å². The van der Waals surface area contributed by atoms with Crippen LogP contribution in [0.1, 0.15) is 0 Å². The average molecular weight is 827 g/mol. The topological polar surface area (TPSA) is 43.6 Å². The Balaban J connectivity index is 0.896. The van der Waals surface area contributed by atoms with Crippen LogP contribution in [0.5, 0.6) is 0 Å². The lowest BCUT2D eigenvalue weighted by atomic mass is 9.94. The molecular formula is C61H38N4. The van der Waals surface area contributed by atoms with Crippen LogP contribution < -0.4 is 0 Å². The maximum absolute atomic E-state index is 5.34. The Kier molecular flexibility index (Phi) is 8.50. The molecule has 1 aliphatic heterocycles. The van der Waals surface area contributed by atoms with Crippen molar-refractivity contribution in [2.24, 2.45) is 0 Å². The SMILES string of the molecule is c1cc(-c2cccc(-c3nc(-c4ccc5ccccc5c4)cc(-c4ccc5ccccc5c4)n3)c2)cc(-c2cccc(-c3nc4cccc5c4n3-c3ccccc3-c3ccccc3-5)c2)c1. The van der Waals surface area contributed by atoms with E-state index in [-0.39, 0.29) is 0 Å². The van der Waals surface area contributed by atoms with E-state index in [9.17, 15) is 0 Å². The van der Waals surface area contributed by atoms with E-state index in [1.807, 2.05) is 0 Å². The molecule has 0 atom stereocenters. The molecular weight excluding hydrogens is 789 g/mol. The van der Waals surface area contributed by atoms with Gasteiger partial charge in [-0.05, 0) is 103 Å². The van der Waals surface area contributed by atoms with Crippen LogP contribution >= 0.6 is 0 Å². The highest BCUT2D eigenvalue weighted by molar-refractivity contribution is 6.04. The number of imidazole rings is 1. The highest BCUT2D eigenvalue weighted by atomic mass is 15.1. The second kappa shape index (κ2) is 15.0. The molecule has 0 bridgehead atoms. The van der Waals surface area contributed by atoms with E-state index in [0.29, 0.717) is 5.82 Å². The monoisotopic (exact) mass is 826 g/mol. The zero-order chi connectivity index (χ0) is 42.8. The van der Waals surface area contributed by atoms with Gasteiger partial charge in [0.2, 0.25) is 0 Å². The molecule has 10 aromatic carbocycles. The lowest BCUT2D eigenvalue weighted by molar-refractivity contribution is 1.11. The van der Waals surface area contributed by atoms with Gasteiger partial charge in [-0.2, -0.15) is 0 Å². The summed E-state index contributed by atoms with van der Waals surface area (Å²) in [5, 5.41) is 4.76. The minimum absolute atomic E-state index is 0.684. The van der Waals surface area contributed by atoms with Crippen LogP contribution in [0.15, 0.2) is 231 Å².